The van der Waals surface area contributed by atoms with Crippen molar-refractivity contribution in [2.24, 2.45) is 5.92 Å². The van der Waals surface area contributed by atoms with Crippen molar-refractivity contribution in [1.29, 1.82) is 0 Å². The van der Waals surface area contributed by atoms with Crippen molar-refractivity contribution in [3.8, 4) is 11.5 Å². The molecule has 2 fully saturated rings. The number of carbonyl (C=O) groups is 2. The zero-order chi connectivity index (χ0) is 26.6. The van der Waals surface area contributed by atoms with E-state index in [0.717, 1.165) is 31.2 Å². The minimum atomic E-state index is -0.209. The number of amides is 2. The van der Waals surface area contributed by atoms with Crippen LogP contribution in [0.2, 0.25) is 0 Å². The molecule has 2 aliphatic rings. The van der Waals surface area contributed by atoms with Crippen molar-refractivity contribution < 1.29 is 19.1 Å². The molecule has 0 radical (unpaired) electrons. The summed E-state index contributed by atoms with van der Waals surface area (Å²) in [5, 5.41) is 3.12. The molecule has 0 bridgehead atoms. The number of nitrogens with zero attached hydrogens (tertiary/aromatic N) is 2. The molecular formula is C30H41N3O4. The molecule has 7 heteroatoms. The third-order valence-corrected chi connectivity index (χ3v) is 7.76. The van der Waals surface area contributed by atoms with Crippen LogP contribution < -0.4 is 14.8 Å². The van der Waals surface area contributed by atoms with E-state index in [4.69, 9.17) is 9.47 Å². The Labute approximate surface area is 221 Å². The number of rotatable bonds is 7. The van der Waals surface area contributed by atoms with E-state index in [1.54, 1.807) is 26.4 Å². The van der Waals surface area contributed by atoms with E-state index in [-0.39, 0.29) is 23.3 Å². The van der Waals surface area contributed by atoms with Gasteiger partial charge in [-0.15, -0.1) is 0 Å². The third-order valence-electron chi connectivity index (χ3n) is 7.76. The highest BCUT2D eigenvalue weighted by molar-refractivity contribution is 5.96. The first-order chi connectivity index (χ1) is 17.7. The lowest BCUT2D eigenvalue weighted by molar-refractivity contribution is -0.123. The smallest absolute Gasteiger partial charge is 0.253 e. The topological polar surface area (TPSA) is 71.1 Å². The Balaban J connectivity index is 1.42. The Kier molecular flexibility index (Phi) is 8.42. The summed E-state index contributed by atoms with van der Waals surface area (Å²) in [7, 11) is 3.18. The summed E-state index contributed by atoms with van der Waals surface area (Å²) in [5.74, 6) is 1.61. The lowest BCUT2D eigenvalue weighted by atomic mass is 9.86. The second-order valence-corrected chi connectivity index (χ2v) is 11.2. The number of carbonyl (C=O) groups excluding carboxylic acids is 2. The summed E-state index contributed by atoms with van der Waals surface area (Å²) in [6, 6.07) is 13.2. The van der Waals surface area contributed by atoms with Crippen LogP contribution in [0.15, 0.2) is 42.5 Å². The molecule has 1 aliphatic carbocycles. The molecular weight excluding hydrogens is 466 g/mol. The number of hydrogen-bond acceptors (Lipinski definition) is 5. The molecule has 37 heavy (non-hydrogen) atoms. The van der Waals surface area contributed by atoms with E-state index in [2.05, 4.69) is 43.1 Å². The normalized spacial score (nSPS) is 17.9. The van der Waals surface area contributed by atoms with Gasteiger partial charge in [0, 0.05) is 43.5 Å². The molecule has 1 unspecified atom stereocenters. The first-order valence-electron chi connectivity index (χ1n) is 13.4. The standard InChI is InChI=1S/C30H41N3O4/c1-30(2,3)23-12-10-22(11-13-23)29(35)33-18-16-32(17-19-33)27(21-8-6-7-9-21)28(34)31-24-14-15-25(36-4)26(20-24)37-5/h10-15,20-21,27H,6-9,16-19H2,1-5H3,(H,31,34). The Morgan fingerprint density at radius 1 is 0.892 bits per heavy atom. The monoisotopic (exact) mass is 507 g/mol. The molecule has 1 atom stereocenters. The summed E-state index contributed by atoms with van der Waals surface area (Å²) < 4.78 is 10.7. The van der Waals surface area contributed by atoms with Crippen LogP contribution >= 0.6 is 0 Å². The molecule has 1 saturated carbocycles. The summed E-state index contributed by atoms with van der Waals surface area (Å²) in [6.07, 6.45) is 4.44. The van der Waals surface area contributed by atoms with Crippen LogP contribution in [0.3, 0.4) is 0 Å². The van der Waals surface area contributed by atoms with Crippen LogP contribution in [0.5, 0.6) is 11.5 Å². The van der Waals surface area contributed by atoms with Gasteiger partial charge >= 0.3 is 0 Å². The summed E-state index contributed by atoms with van der Waals surface area (Å²) >= 11 is 0. The minimum Gasteiger partial charge on any atom is -0.493 e. The fourth-order valence-electron chi connectivity index (χ4n) is 5.58. The molecule has 2 aromatic rings. The SMILES string of the molecule is COc1ccc(NC(=O)C(C2CCCC2)N2CCN(C(=O)c3ccc(C(C)(C)C)cc3)CC2)cc1OC. The molecule has 1 N–H and O–H groups in total. The number of hydrogen-bond donors (Lipinski definition) is 1. The van der Waals surface area contributed by atoms with Gasteiger partial charge < -0.3 is 19.7 Å². The van der Waals surface area contributed by atoms with Crippen LogP contribution in [0, 0.1) is 5.92 Å². The van der Waals surface area contributed by atoms with Crippen LogP contribution in [-0.2, 0) is 10.2 Å². The maximum Gasteiger partial charge on any atom is 0.253 e. The second kappa shape index (κ2) is 11.5. The van der Waals surface area contributed by atoms with Crippen molar-refractivity contribution in [2.45, 2.75) is 57.9 Å². The van der Waals surface area contributed by atoms with E-state index in [0.29, 0.717) is 49.3 Å². The number of ether oxygens (including phenoxy) is 2. The quantitative estimate of drug-likeness (QED) is 0.574. The molecule has 0 spiro atoms. The molecule has 0 aromatic heterocycles. The minimum absolute atomic E-state index is 0.0108. The molecule has 1 aliphatic heterocycles. The van der Waals surface area contributed by atoms with Gasteiger partial charge in [0.1, 0.15) is 0 Å². The van der Waals surface area contributed by atoms with Gasteiger partial charge in [0.25, 0.3) is 5.91 Å². The average Bonchev–Trinajstić information content (AvgIpc) is 3.42. The van der Waals surface area contributed by atoms with Gasteiger partial charge in [0.15, 0.2) is 11.5 Å². The maximum absolute atomic E-state index is 13.6. The van der Waals surface area contributed by atoms with E-state index < -0.39 is 0 Å². The van der Waals surface area contributed by atoms with Gasteiger partial charge in [-0.3, -0.25) is 14.5 Å². The summed E-state index contributed by atoms with van der Waals surface area (Å²) in [4.78, 5) is 31.0. The first-order valence-corrected chi connectivity index (χ1v) is 13.4. The molecule has 4 rings (SSSR count). The summed E-state index contributed by atoms with van der Waals surface area (Å²) in [6.45, 7) is 9.12. The average molecular weight is 508 g/mol. The van der Waals surface area contributed by atoms with Crippen LogP contribution in [-0.4, -0.2) is 68.1 Å². The third kappa shape index (κ3) is 6.27. The summed E-state index contributed by atoms with van der Waals surface area (Å²) in [5.41, 5.74) is 2.69. The molecule has 1 saturated heterocycles. The van der Waals surface area contributed by atoms with E-state index >= 15 is 0 Å². The molecule has 7 nitrogen and oxygen atoms in total. The zero-order valence-electron chi connectivity index (χ0n) is 22.9. The van der Waals surface area contributed by atoms with Crippen LogP contribution in [0.25, 0.3) is 0 Å². The van der Waals surface area contributed by atoms with E-state index in [1.807, 2.05) is 23.1 Å². The Hall–Kier alpha value is -3.06. The Morgan fingerprint density at radius 3 is 2.08 bits per heavy atom. The van der Waals surface area contributed by atoms with Crippen LogP contribution in [0.1, 0.15) is 62.4 Å². The fraction of sp³-hybridized carbons (Fsp3) is 0.533. The molecule has 2 aromatic carbocycles. The van der Waals surface area contributed by atoms with Crippen molar-refractivity contribution in [3.63, 3.8) is 0 Å². The highest BCUT2D eigenvalue weighted by atomic mass is 16.5. The number of anilines is 1. The maximum atomic E-state index is 13.6. The van der Waals surface area contributed by atoms with Crippen molar-refractivity contribution in [1.82, 2.24) is 9.80 Å². The van der Waals surface area contributed by atoms with Gasteiger partial charge in [-0.05, 0) is 54.0 Å². The lowest BCUT2D eigenvalue weighted by Crippen LogP contribution is -2.56. The Bertz CT molecular complexity index is 1080. The van der Waals surface area contributed by atoms with E-state index in [9.17, 15) is 9.59 Å². The molecule has 1 heterocycles. The number of piperazine rings is 1. The number of benzene rings is 2. The highest BCUT2D eigenvalue weighted by Crippen LogP contribution is 2.33. The zero-order valence-corrected chi connectivity index (χ0v) is 22.9. The highest BCUT2D eigenvalue weighted by Gasteiger charge is 2.37. The predicted octanol–water partition coefficient (Wildman–Crippen LogP) is 4.96. The molecule has 2 amide bonds. The number of methoxy groups -OCH3 is 2. The van der Waals surface area contributed by atoms with Crippen molar-refractivity contribution in [3.05, 3.63) is 53.6 Å². The van der Waals surface area contributed by atoms with Gasteiger partial charge in [0.05, 0.1) is 20.3 Å². The van der Waals surface area contributed by atoms with Crippen molar-refractivity contribution >= 4 is 17.5 Å². The van der Waals surface area contributed by atoms with Crippen molar-refractivity contribution in [2.75, 3.05) is 45.7 Å². The van der Waals surface area contributed by atoms with Gasteiger partial charge in [-0.25, -0.2) is 0 Å². The number of nitrogens with one attached hydrogen (secondary N) is 1. The van der Waals surface area contributed by atoms with Gasteiger partial charge in [-0.1, -0.05) is 45.7 Å². The fourth-order valence-corrected chi connectivity index (χ4v) is 5.58. The predicted molar refractivity (Wildman–Crippen MR) is 147 cm³/mol. The largest absolute Gasteiger partial charge is 0.493 e. The van der Waals surface area contributed by atoms with Gasteiger partial charge in [-0.2, -0.15) is 0 Å². The molecule has 200 valence electrons. The van der Waals surface area contributed by atoms with Gasteiger partial charge in [0.2, 0.25) is 5.91 Å². The van der Waals surface area contributed by atoms with E-state index in [1.165, 1.54) is 5.56 Å². The van der Waals surface area contributed by atoms with Crippen LogP contribution in [0.4, 0.5) is 5.69 Å². The lowest BCUT2D eigenvalue weighted by Gasteiger charge is -2.40. The second-order valence-electron chi connectivity index (χ2n) is 11.2. The Morgan fingerprint density at radius 2 is 1.51 bits per heavy atom. The first kappa shape index (κ1) is 27.0.